The molecule has 3 N–H and O–H groups in total. The van der Waals surface area contributed by atoms with Crippen molar-refractivity contribution in [3.63, 3.8) is 0 Å². The van der Waals surface area contributed by atoms with Gasteiger partial charge in [0.1, 0.15) is 12.1 Å². The molecule has 6 heteroatoms. The molecule has 0 aliphatic carbocycles. The monoisotopic (exact) mass is 331 g/mol. The normalized spacial score (nSPS) is 17.9. The van der Waals surface area contributed by atoms with Gasteiger partial charge < -0.3 is 16.0 Å². The van der Waals surface area contributed by atoms with Gasteiger partial charge >= 0.3 is 0 Å². The number of anilines is 1. The van der Waals surface area contributed by atoms with Gasteiger partial charge in [-0.05, 0) is 25.0 Å². The quantitative estimate of drug-likeness (QED) is 0.637. The molecule has 6 nitrogen and oxygen atoms in total. The van der Waals surface area contributed by atoms with Gasteiger partial charge in [0.05, 0.1) is 0 Å². The van der Waals surface area contributed by atoms with Crippen LogP contribution in [0.4, 0.5) is 5.69 Å². The number of hydrogen-bond acceptors (Lipinski definition) is 3. The molecule has 1 aliphatic heterocycles. The molecule has 0 unspecified atom stereocenters. The third-order valence-electron chi connectivity index (χ3n) is 4.08. The molecule has 2 rings (SSSR count). The van der Waals surface area contributed by atoms with Gasteiger partial charge in [-0.3, -0.25) is 14.4 Å². The summed E-state index contributed by atoms with van der Waals surface area (Å²) in [5.74, 6) is -0.632. The van der Waals surface area contributed by atoms with E-state index in [1.165, 1.54) is 0 Å². The summed E-state index contributed by atoms with van der Waals surface area (Å²) in [5.41, 5.74) is 0.700. The van der Waals surface area contributed by atoms with Crippen LogP contribution in [0.1, 0.15) is 45.4 Å². The van der Waals surface area contributed by atoms with E-state index in [1.807, 2.05) is 18.2 Å². The highest BCUT2D eigenvalue weighted by atomic mass is 16.2. The Kier molecular flexibility index (Phi) is 6.78. The molecule has 1 aromatic carbocycles. The summed E-state index contributed by atoms with van der Waals surface area (Å²) in [7, 11) is 0. The molecule has 2 atom stereocenters. The predicted molar refractivity (Wildman–Crippen MR) is 92.3 cm³/mol. The van der Waals surface area contributed by atoms with Gasteiger partial charge in [0.25, 0.3) is 0 Å². The maximum absolute atomic E-state index is 12.5. The number of hydrogen-bond donors (Lipinski definition) is 3. The molecule has 0 aromatic heterocycles. The number of carbonyl (C=O) groups is 3. The summed E-state index contributed by atoms with van der Waals surface area (Å²) in [5, 5.41) is 8.26. The van der Waals surface area contributed by atoms with Gasteiger partial charge in [-0.15, -0.1) is 0 Å². The van der Waals surface area contributed by atoms with E-state index >= 15 is 0 Å². The summed E-state index contributed by atoms with van der Waals surface area (Å²) >= 11 is 0. The fourth-order valence-electron chi connectivity index (χ4n) is 2.70. The van der Waals surface area contributed by atoms with Gasteiger partial charge in [0.2, 0.25) is 17.7 Å². The van der Waals surface area contributed by atoms with Crippen molar-refractivity contribution < 1.29 is 14.4 Å². The van der Waals surface area contributed by atoms with E-state index in [0.29, 0.717) is 24.9 Å². The van der Waals surface area contributed by atoms with Crippen molar-refractivity contribution in [1.82, 2.24) is 10.6 Å². The number of benzene rings is 1. The number of amides is 3. The lowest BCUT2D eigenvalue weighted by Gasteiger charge is -2.20. The van der Waals surface area contributed by atoms with Gasteiger partial charge in [-0.25, -0.2) is 0 Å². The van der Waals surface area contributed by atoms with Crippen molar-refractivity contribution in [2.24, 2.45) is 0 Å². The third kappa shape index (κ3) is 5.37. The molecule has 1 aliphatic rings. The average molecular weight is 331 g/mol. The second-order valence-electron chi connectivity index (χ2n) is 6.07. The number of para-hydroxylation sites is 1. The number of nitrogens with one attached hydrogen (secondary N) is 3. The Morgan fingerprint density at radius 2 is 2.00 bits per heavy atom. The van der Waals surface area contributed by atoms with Crippen molar-refractivity contribution in [2.45, 2.75) is 57.5 Å². The Morgan fingerprint density at radius 1 is 1.25 bits per heavy atom. The molecule has 1 aromatic rings. The van der Waals surface area contributed by atoms with Crippen molar-refractivity contribution >= 4 is 23.4 Å². The fourth-order valence-corrected chi connectivity index (χ4v) is 2.70. The fraction of sp³-hybridized carbons (Fsp3) is 0.500. The van der Waals surface area contributed by atoms with E-state index < -0.39 is 12.1 Å². The molecule has 130 valence electrons. The van der Waals surface area contributed by atoms with Crippen LogP contribution < -0.4 is 16.0 Å². The van der Waals surface area contributed by atoms with Gasteiger partial charge in [-0.1, -0.05) is 44.4 Å². The summed E-state index contributed by atoms with van der Waals surface area (Å²) in [4.78, 5) is 36.1. The SMILES string of the molecule is CCCCC[C@H](NC(=O)[C@H]1CCC(=O)N1)C(=O)Nc1ccccc1. The second-order valence-corrected chi connectivity index (χ2v) is 6.07. The molecule has 24 heavy (non-hydrogen) atoms. The minimum Gasteiger partial charge on any atom is -0.344 e. The molecule has 0 radical (unpaired) electrons. The maximum atomic E-state index is 12.5. The average Bonchev–Trinajstić information content (AvgIpc) is 3.01. The topological polar surface area (TPSA) is 87.3 Å². The first-order valence-electron chi connectivity index (χ1n) is 8.55. The van der Waals surface area contributed by atoms with Crippen molar-refractivity contribution in [1.29, 1.82) is 0 Å². The zero-order valence-corrected chi connectivity index (χ0v) is 14.0. The van der Waals surface area contributed by atoms with E-state index in [4.69, 9.17) is 0 Å². The molecule has 0 bridgehead atoms. The summed E-state index contributed by atoms with van der Waals surface area (Å²) in [6, 6.07) is 8.04. The largest absolute Gasteiger partial charge is 0.344 e. The van der Waals surface area contributed by atoms with Crippen LogP contribution in [-0.4, -0.2) is 29.8 Å². The first-order chi connectivity index (χ1) is 11.6. The van der Waals surface area contributed by atoms with Gasteiger partial charge in [0.15, 0.2) is 0 Å². The van der Waals surface area contributed by atoms with Crippen LogP contribution in [0.15, 0.2) is 30.3 Å². The predicted octanol–water partition coefficient (Wildman–Crippen LogP) is 1.97. The summed E-state index contributed by atoms with van der Waals surface area (Å²) in [6.45, 7) is 2.09. The molecular formula is C18H25N3O3. The molecule has 0 saturated carbocycles. The number of unbranched alkanes of at least 4 members (excludes halogenated alkanes) is 2. The lowest BCUT2D eigenvalue weighted by Crippen LogP contribution is -2.50. The van der Waals surface area contributed by atoms with Crippen LogP contribution in [0, 0.1) is 0 Å². The van der Waals surface area contributed by atoms with Gasteiger partial charge in [0, 0.05) is 12.1 Å². The molecule has 0 spiro atoms. The highest BCUT2D eigenvalue weighted by molar-refractivity contribution is 5.98. The first-order valence-corrected chi connectivity index (χ1v) is 8.55. The highest BCUT2D eigenvalue weighted by Gasteiger charge is 2.30. The van der Waals surface area contributed by atoms with E-state index in [0.717, 1.165) is 19.3 Å². The Bertz CT molecular complexity index is 574. The zero-order chi connectivity index (χ0) is 17.4. The minimum atomic E-state index is -0.596. The third-order valence-corrected chi connectivity index (χ3v) is 4.08. The maximum Gasteiger partial charge on any atom is 0.246 e. The Morgan fingerprint density at radius 3 is 2.62 bits per heavy atom. The van der Waals surface area contributed by atoms with E-state index in [-0.39, 0.29) is 17.7 Å². The minimum absolute atomic E-state index is 0.119. The van der Waals surface area contributed by atoms with Crippen LogP contribution in [0.2, 0.25) is 0 Å². The van der Waals surface area contributed by atoms with Crippen molar-refractivity contribution in [3.8, 4) is 0 Å². The van der Waals surface area contributed by atoms with Crippen LogP contribution >= 0.6 is 0 Å². The molecule has 1 fully saturated rings. The van der Waals surface area contributed by atoms with Crippen molar-refractivity contribution in [2.75, 3.05) is 5.32 Å². The molecule has 1 heterocycles. The summed E-state index contributed by atoms with van der Waals surface area (Å²) < 4.78 is 0. The standard InChI is InChI=1S/C18H25N3O3/c1-2-3-5-10-14(17(23)19-13-8-6-4-7-9-13)21-18(24)15-11-12-16(22)20-15/h4,6-9,14-15H,2-3,5,10-12H2,1H3,(H,19,23)(H,20,22)(H,21,24)/t14-,15+/m0/s1. The van der Waals surface area contributed by atoms with E-state index in [9.17, 15) is 14.4 Å². The van der Waals surface area contributed by atoms with Crippen LogP contribution in [0.3, 0.4) is 0 Å². The van der Waals surface area contributed by atoms with Crippen LogP contribution in [-0.2, 0) is 14.4 Å². The number of carbonyl (C=O) groups excluding carboxylic acids is 3. The first kappa shape index (κ1) is 18.0. The second kappa shape index (κ2) is 9.05. The van der Waals surface area contributed by atoms with Crippen molar-refractivity contribution in [3.05, 3.63) is 30.3 Å². The lowest BCUT2D eigenvalue weighted by molar-refractivity contribution is -0.128. The van der Waals surface area contributed by atoms with Crippen LogP contribution in [0.25, 0.3) is 0 Å². The Hall–Kier alpha value is -2.37. The number of rotatable bonds is 8. The highest BCUT2D eigenvalue weighted by Crippen LogP contribution is 2.11. The lowest BCUT2D eigenvalue weighted by atomic mass is 10.1. The molecular weight excluding hydrogens is 306 g/mol. The Balaban J connectivity index is 1.96. The Labute approximate surface area is 142 Å². The molecule has 3 amide bonds. The smallest absolute Gasteiger partial charge is 0.246 e. The van der Waals surface area contributed by atoms with Gasteiger partial charge in [-0.2, -0.15) is 0 Å². The van der Waals surface area contributed by atoms with E-state index in [2.05, 4.69) is 22.9 Å². The van der Waals surface area contributed by atoms with E-state index in [1.54, 1.807) is 12.1 Å². The summed E-state index contributed by atoms with van der Waals surface area (Å²) in [6.07, 6.45) is 4.33. The zero-order valence-electron chi connectivity index (χ0n) is 14.0. The molecule has 1 saturated heterocycles. The van der Waals surface area contributed by atoms with Crippen LogP contribution in [0.5, 0.6) is 0 Å².